The molecule has 2 unspecified atom stereocenters. The molecule has 2 aliphatic rings. The van der Waals surface area contributed by atoms with E-state index in [4.69, 9.17) is 0 Å². The van der Waals surface area contributed by atoms with Crippen LogP contribution in [0.3, 0.4) is 0 Å². The second-order valence-electron chi connectivity index (χ2n) is 10.5. The van der Waals surface area contributed by atoms with Crippen molar-refractivity contribution < 1.29 is 0 Å². The third kappa shape index (κ3) is 5.81. The molecule has 0 N–H and O–H groups in total. The fourth-order valence-corrected chi connectivity index (χ4v) is 9.13. The molecule has 0 fully saturated rings. The summed E-state index contributed by atoms with van der Waals surface area (Å²) in [6.45, 7) is 4.68. The van der Waals surface area contributed by atoms with Crippen molar-refractivity contribution in [2.24, 2.45) is 0 Å². The molecule has 3 heteroatoms. The minimum absolute atomic E-state index is 0. The number of rotatable bonds is 8. The van der Waals surface area contributed by atoms with Gasteiger partial charge in [0, 0.05) is 21.4 Å². The summed E-state index contributed by atoms with van der Waals surface area (Å²) >= 11 is 0. The number of benzene rings is 4. The number of hydrogen-bond donors (Lipinski definition) is 0. The van der Waals surface area contributed by atoms with Gasteiger partial charge in [0.05, 0.1) is 0 Å². The molecule has 4 aromatic carbocycles. The van der Waals surface area contributed by atoms with Gasteiger partial charge in [-0.2, -0.15) is 0 Å². The van der Waals surface area contributed by atoms with Gasteiger partial charge in [-0.3, -0.25) is 0 Å². The van der Waals surface area contributed by atoms with Crippen molar-refractivity contribution in [3.05, 3.63) is 130 Å². The van der Waals surface area contributed by atoms with E-state index >= 15 is 0 Å². The normalized spacial score (nSPS) is 17.2. The summed E-state index contributed by atoms with van der Waals surface area (Å²) in [5.74, 6) is 1.22. The Labute approximate surface area is 261 Å². The van der Waals surface area contributed by atoms with Crippen LogP contribution in [0.2, 0.25) is 12.1 Å². The van der Waals surface area contributed by atoms with Crippen LogP contribution in [0.1, 0.15) is 60.8 Å². The van der Waals surface area contributed by atoms with Crippen LogP contribution in [-0.4, -0.2) is 47.2 Å². The van der Waals surface area contributed by atoms with Gasteiger partial charge < -0.3 is 0 Å². The molecular weight excluding hydrogens is 474 g/mol. The molecule has 0 aliphatic heterocycles. The minimum atomic E-state index is -0.241. The summed E-state index contributed by atoms with van der Waals surface area (Å²) in [5, 5.41) is 0. The van der Waals surface area contributed by atoms with Crippen LogP contribution in [0.25, 0.3) is 34.4 Å². The topological polar surface area (TPSA) is 0 Å². The van der Waals surface area contributed by atoms with Gasteiger partial charge >= 0.3 is 37.7 Å². The van der Waals surface area contributed by atoms with E-state index in [1.54, 1.807) is 22.3 Å². The zero-order chi connectivity index (χ0) is 25.2. The average molecular weight is 513 g/mol. The molecule has 4 aromatic rings. The SMILES string of the molecule is CCC1=Cc2c(-c3ccccc3)cccc2C1C[SiH2]CC1C(CC)=Cc2c(-c3ccccc3)cccc21.[LiH].[LiH]. The maximum atomic E-state index is 2.52. The van der Waals surface area contributed by atoms with Crippen LogP contribution in [0.5, 0.6) is 0 Å². The predicted molar refractivity (Wildman–Crippen MR) is 178 cm³/mol. The fourth-order valence-electron chi connectivity index (χ4n) is 6.71. The van der Waals surface area contributed by atoms with Crippen molar-refractivity contribution in [3.8, 4) is 22.3 Å². The molecule has 39 heavy (non-hydrogen) atoms. The molecule has 0 bridgehead atoms. The molecule has 188 valence electrons. The second-order valence-corrected chi connectivity index (χ2v) is 12.4. The van der Waals surface area contributed by atoms with Crippen LogP contribution in [-0.2, 0) is 0 Å². The average Bonchev–Trinajstić information content (AvgIpc) is 3.51. The predicted octanol–water partition coefficient (Wildman–Crippen LogP) is 8.21. The summed E-state index contributed by atoms with van der Waals surface area (Å²) in [7, 11) is -0.241. The fraction of sp³-hybridized carbons (Fsp3) is 0.222. The molecule has 0 nitrogen and oxygen atoms in total. The molecule has 0 heterocycles. The standard InChI is InChI=1S/C36H36Si.2Li.2H/c1-3-25-21-33-29(27-13-7-5-8-14-27)17-11-19-31(33)35(25)23-37-24-36-26(4-2)22-34-30(18-12-20-32(34)36)28-15-9-6-10-16-28;;;;/h5-22,35-36H,3-4,23-24,37H2,1-2H3;;;;. The molecule has 0 aromatic heterocycles. The third-order valence-electron chi connectivity index (χ3n) is 8.56. The first-order valence-electron chi connectivity index (χ1n) is 14.1. The summed E-state index contributed by atoms with van der Waals surface area (Å²) in [4.78, 5) is 0. The Morgan fingerprint density at radius 2 is 0.923 bits per heavy atom. The molecular formula is C36H38Li2Si. The van der Waals surface area contributed by atoms with Crippen molar-refractivity contribution in [2.75, 3.05) is 0 Å². The van der Waals surface area contributed by atoms with Crippen LogP contribution < -0.4 is 0 Å². The van der Waals surface area contributed by atoms with Crippen LogP contribution in [0, 0.1) is 0 Å². The van der Waals surface area contributed by atoms with E-state index in [-0.39, 0.29) is 47.2 Å². The van der Waals surface area contributed by atoms with Crippen molar-refractivity contribution >= 4 is 59.4 Å². The maximum absolute atomic E-state index is 2.52. The van der Waals surface area contributed by atoms with E-state index in [2.05, 4.69) is 123 Å². The van der Waals surface area contributed by atoms with Gasteiger partial charge in [-0.05, 0) is 57.3 Å². The summed E-state index contributed by atoms with van der Waals surface area (Å²) < 4.78 is 0. The van der Waals surface area contributed by atoms with E-state index in [1.165, 1.54) is 45.5 Å². The summed E-state index contributed by atoms with van der Waals surface area (Å²) in [5.41, 5.74) is 14.8. The van der Waals surface area contributed by atoms with Crippen molar-refractivity contribution in [3.63, 3.8) is 0 Å². The molecule has 0 amide bonds. The molecule has 0 saturated carbocycles. The summed E-state index contributed by atoms with van der Waals surface area (Å²) in [6.07, 6.45) is 7.33. The van der Waals surface area contributed by atoms with Crippen LogP contribution in [0.4, 0.5) is 0 Å². The Morgan fingerprint density at radius 1 is 0.513 bits per heavy atom. The third-order valence-corrected chi connectivity index (χ3v) is 10.5. The Bertz CT molecular complexity index is 1360. The van der Waals surface area contributed by atoms with Gasteiger partial charge in [-0.15, -0.1) is 0 Å². The number of hydrogen-bond acceptors (Lipinski definition) is 0. The Hall–Kier alpha value is -2.23. The molecule has 2 atom stereocenters. The molecule has 2 aliphatic carbocycles. The van der Waals surface area contributed by atoms with Crippen molar-refractivity contribution in [2.45, 2.75) is 50.6 Å². The van der Waals surface area contributed by atoms with Crippen molar-refractivity contribution in [1.29, 1.82) is 0 Å². The zero-order valence-electron chi connectivity index (χ0n) is 22.1. The zero-order valence-corrected chi connectivity index (χ0v) is 23.5. The van der Waals surface area contributed by atoms with E-state index in [0.29, 0.717) is 11.8 Å². The molecule has 0 saturated heterocycles. The van der Waals surface area contributed by atoms with E-state index in [1.807, 2.05) is 0 Å². The van der Waals surface area contributed by atoms with Gasteiger partial charge in [0.25, 0.3) is 0 Å². The van der Waals surface area contributed by atoms with E-state index in [9.17, 15) is 0 Å². The quantitative estimate of drug-likeness (QED) is 0.209. The van der Waals surface area contributed by atoms with Gasteiger partial charge in [0.15, 0.2) is 0 Å². The van der Waals surface area contributed by atoms with Gasteiger partial charge in [0.2, 0.25) is 0 Å². The van der Waals surface area contributed by atoms with Crippen LogP contribution >= 0.6 is 0 Å². The van der Waals surface area contributed by atoms with Gasteiger partial charge in [0.1, 0.15) is 0 Å². The first kappa shape index (κ1) is 29.7. The molecule has 6 rings (SSSR count). The first-order chi connectivity index (χ1) is 18.3. The van der Waals surface area contributed by atoms with Gasteiger partial charge in [-0.1, -0.05) is 146 Å². The number of fused-ring (bicyclic) bond motifs is 2. The Kier molecular flexibility index (Phi) is 10.2. The van der Waals surface area contributed by atoms with Gasteiger partial charge in [-0.25, -0.2) is 0 Å². The molecule has 0 spiro atoms. The van der Waals surface area contributed by atoms with Crippen LogP contribution in [0.15, 0.2) is 108 Å². The first-order valence-corrected chi connectivity index (χ1v) is 16.1. The monoisotopic (exact) mass is 512 g/mol. The number of allylic oxidation sites excluding steroid dienone is 2. The summed E-state index contributed by atoms with van der Waals surface area (Å²) in [6, 6.07) is 38.5. The van der Waals surface area contributed by atoms with E-state index in [0.717, 1.165) is 12.8 Å². The van der Waals surface area contributed by atoms with E-state index < -0.39 is 0 Å². The Balaban J connectivity index is 0.00000176. The van der Waals surface area contributed by atoms with Crippen molar-refractivity contribution in [1.82, 2.24) is 0 Å². The second kappa shape index (κ2) is 13.4. The molecule has 0 radical (unpaired) electrons. The Morgan fingerprint density at radius 3 is 1.31 bits per heavy atom.